The number of anilines is 1. The second-order valence-electron chi connectivity index (χ2n) is 2.88. The molecule has 0 aliphatic rings. The number of pyridine rings is 1. The number of hydrogen-bond donors (Lipinski definition) is 1. The van der Waals surface area contributed by atoms with Crippen LogP contribution in [0.5, 0.6) is 0 Å². The van der Waals surface area contributed by atoms with Gasteiger partial charge in [0.25, 0.3) is 6.43 Å². The smallest absolute Gasteiger partial charge is 0.397 e. The highest BCUT2D eigenvalue weighted by Crippen LogP contribution is 2.42. The number of halogens is 5. The molecule has 1 rings (SSSR count). The zero-order valence-electron chi connectivity index (χ0n) is 7.83. The molecular weight excluding hydrogens is 253 g/mol. The number of nitrogens with zero attached hydrogens (tertiary/aromatic N) is 2. The fraction of sp³-hybridized carbons (Fsp3) is 0.286. The average molecular weight is 257 g/mol. The van der Waals surface area contributed by atoms with Crippen LogP contribution in [0.25, 0.3) is 0 Å². The highest BCUT2D eigenvalue weighted by atomic mass is 19.4. The van der Waals surface area contributed by atoms with Gasteiger partial charge in [-0.15, -0.1) is 0 Å². The molecule has 0 unspecified atom stereocenters. The van der Waals surface area contributed by atoms with Crippen LogP contribution in [0.2, 0.25) is 0 Å². The van der Waals surface area contributed by atoms with Crippen molar-refractivity contribution < 1.29 is 26.9 Å². The van der Waals surface area contributed by atoms with E-state index in [2.05, 4.69) is 4.98 Å². The minimum atomic E-state index is -5.21. The average Bonchev–Trinajstić information content (AvgIpc) is 2.14. The molecule has 0 aromatic carbocycles. The number of nitrogen functional groups attached to an aromatic ring is 1. The van der Waals surface area contributed by atoms with E-state index in [4.69, 9.17) is 5.73 Å². The molecule has 0 aliphatic heterocycles. The summed E-state index contributed by atoms with van der Waals surface area (Å²) < 4.78 is 62.0. The molecule has 1 heterocycles. The molecule has 0 spiro atoms. The third kappa shape index (κ3) is 2.40. The van der Waals surface area contributed by atoms with Crippen molar-refractivity contribution in [2.24, 2.45) is 0 Å². The Hall–Kier alpha value is -2.00. The fourth-order valence-electron chi connectivity index (χ4n) is 1.17. The summed E-state index contributed by atoms with van der Waals surface area (Å²) in [4.78, 5) is 11.7. The Kier molecular flexibility index (Phi) is 3.16. The number of nitrogens with two attached hydrogens (primary N) is 1. The summed E-state index contributed by atoms with van der Waals surface area (Å²) in [6, 6.07) is 0. The highest BCUT2D eigenvalue weighted by Gasteiger charge is 2.44. The third-order valence-electron chi connectivity index (χ3n) is 1.78. The lowest BCUT2D eigenvalue weighted by Gasteiger charge is -2.11. The van der Waals surface area contributed by atoms with Gasteiger partial charge in [-0.25, -0.2) is 13.8 Å². The molecule has 0 aliphatic carbocycles. The molecule has 0 bridgehead atoms. The lowest BCUT2D eigenvalue weighted by Crippen LogP contribution is -2.15. The number of alkyl halides is 5. The van der Waals surface area contributed by atoms with Gasteiger partial charge in [0.15, 0.2) is 11.3 Å². The van der Waals surface area contributed by atoms with E-state index < -0.39 is 40.2 Å². The van der Waals surface area contributed by atoms with Crippen LogP contribution in [-0.4, -0.2) is 9.91 Å². The third-order valence-corrected chi connectivity index (χ3v) is 1.78. The van der Waals surface area contributed by atoms with Gasteiger partial charge in [0.05, 0.1) is 16.8 Å². The first-order chi connectivity index (χ1) is 7.66. The van der Waals surface area contributed by atoms with Crippen molar-refractivity contribution in [3.8, 4) is 0 Å². The van der Waals surface area contributed by atoms with Gasteiger partial charge in [-0.2, -0.15) is 13.2 Å². The molecule has 94 valence electrons. The Balaban J connectivity index is 3.67. The van der Waals surface area contributed by atoms with E-state index in [0.717, 1.165) is 0 Å². The van der Waals surface area contributed by atoms with Gasteiger partial charge in [0.1, 0.15) is 0 Å². The van der Waals surface area contributed by atoms with Crippen molar-refractivity contribution in [1.82, 2.24) is 4.98 Å². The van der Waals surface area contributed by atoms with Gasteiger partial charge >= 0.3 is 11.9 Å². The predicted molar refractivity (Wildman–Crippen MR) is 45.3 cm³/mol. The van der Waals surface area contributed by atoms with Crippen LogP contribution in [0.15, 0.2) is 6.20 Å². The van der Waals surface area contributed by atoms with E-state index >= 15 is 0 Å². The van der Waals surface area contributed by atoms with Gasteiger partial charge < -0.3 is 5.73 Å². The largest absolute Gasteiger partial charge is 0.425 e. The van der Waals surface area contributed by atoms with E-state index in [0.29, 0.717) is 6.20 Å². The minimum absolute atomic E-state index is 0.317. The summed E-state index contributed by atoms with van der Waals surface area (Å²) in [6.45, 7) is 0. The monoisotopic (exact) mass is 257 g/mol. The number of rotatable bonds is 2. The van der Waals surface area contributed by atoms with E-state index in [-0.39, 0.29) is 0 Å². The molecule has 1 aromatic heterocycles. The van der Waals surface area contributed by atoms with Crippen molar-refractivity contribution in [2.75, 3.05) is 5.73 Å². The maximum Gasteiger partial charge on any atom is 0.425 e. The van der Waals surface area contributed by atoms with Crippen LogP contribution >= 0.6 is 0 Å². The van der Waals surface area contributed by atoms with Crippen LogP contribution in [-0.2, 0) is 6.18 Å². The zero-order valence-corrected chi connectivity index (χ0v) is 7.83. The molecule has 2 N–H and O–H groups in total. The van der Waals surface area contributed by atoms with Crippen molar-refractivity contribution in [1.29, 1.82) is 0 Å². The lowest BCUT2D eigenvalue weighted by molar-refractivity contribution is -0.389. The summed E-state index contributed by atoms with van der Waals surface area (Å²) in [5.74, 6) is 0. The molecule has 0 saturated carbocycles. The van der Waals surface area contributed by atoms with Gasteiger partial charge in [-0.3, -0.25) is 10.1 Å². The molecule has 1 aromatic rings. The van der Waals surface area contributed by atoms with Gasteiger partial charge in [0, 0.05) is 0 Å². The van der Waals surface area contributed by atoms with Crippen LogP contribution in [0, 0.1) is 10.1 Å². The van der Waals surface area contributed by atoms with Crippen molar-refractivity contribution in [3.05, 3.63) is 27.6 Å². The molecular formula is C7H4F5N3O2. The maximum absolute atomic E-state index is 12.5. The first-order valence-electron chi connectivity index (χ1n) is 3.94. The summed E-state index contributed by atoms with van der Waals surface area (Å²) in [5.41, 5.74) is -1.47. The standard InChI is InChI=1S/C7H4F5N3O2/c8-6(9)4-5(15(16)17)3(7(10,11)12)2(13)1-14-4/h1,6H,13H2. The van der Waals surface area contributed by atoms with E-state index in [1.54, 1.807) is 0 Å². The Labute approximate surface area is 90.2 Å². The summed E-state index contributed by atoms with van der Waals surface area (Å²) >= 11 is 0. The first kappa shape index (κ1) is 13.1. The second kappa shape index (κ2) is 4.11. The number of nitro groups is 1. The SMILES string of the molecule is Nc1cnc(C(F)F)c([N+](=O)[O-])c1C(F)(F)F. The van der Waals surface area contributed by atoms with Gasteiger partial charge in [0.2, 0.25) is 0 Å². The number of hydrogen-bond acceptors (Lipinski definition) is 4. The van der Waals surface area contributed by atoms with Gasteiger partial charge in [-0.1, -0.05) is 0 Å². The molecule has 0 amide bonds. The van der Waals surface area contributed by atoms with Crippen molar-refractivity contribution >= 4 is 11.4 Å². The molecule has 0 saturated heterocycles. The molecule has 0 atom stereocenters. The zero-order chi connectivity index (χ0) is 13.4. The van der Waals surface area contributed by atoms with E-state index in [9.17, 15) is 32.1 Å². The van der Waals surface area contributed by atoms with Crippen LogP contribution in [0.4, 0.5) is 33.3 Å². The van der Waals surface area contributed by atoms with E-state index in [1.807, 2.05) is 0 Å². The minimum Gasteiger partial charge on any atom is -0.397 e. The fourth-order valence-corrected chi connectivity index (χ4v) is 1.17. The first-order valence-corrected chi connectivity index (χ1v) is 3.94. The molecule has 17 heavy (non-hydrogen) atoms. The van der Waals surface area contributed by atoms with Crippen molar-refractivity contribution in [2.45, 2.75) is 12.6 Å². The van der Waals surface area contributed by atoms with Crippen molar-refractivity contribution in [3.63, 3.8) is 0 Å². The molecule has 10 heteroatoms. The molecule has 0 fully saturated rings. The number of aromatic nitrogens is 1. The Bertz CT molecular complexity index is 460. The lowest BCUT2D eigenvalue weighted by atomic mass is 10.1. The normalized spacial score (nSPS) is 11.9. The molecule has 0 radical (unpaired) electrons. The topological polar surface area (TPSA) is 82.0 Å². The Morgan fingerprint density at radius 3 is 2.29 bits per heavy atom. The Morgan fingerprint density at radius 2 is 1.94 bits per heavy atom. The predicted octanol–water partition coefficient (Wildman–Crippen LogP) is 2.53. The summed E-state index contributed by atoms with van der Waals surface area (Å²) in [7, 11) is 0. The maximum atomic E-state index is 12.5. The molecule has 5 nitrogen and oxygen atoms in total. The summed E-state index contributed by atoms with van der Waals surface area (Å²) in [5, 5.41) is 10.4. The summed E-state index contributed by atoms with van der Waals surface area (Å²) in [6.07, 6.45) is -8.40. The van der Waals surface area contributed by atoms with Crippen LogP contribution in [0.1, 0.15) is 17.7 Å². The Morgan fingerprint density at radius 1 is 1.41 bits per heavy atom. The highest BCUT2D eigenvalue weighted by molar-refractivity contribution is 5.60. The van der Waals surface area contributed by atoms with Gasteiger partial charge in [-0.05, 0) is 0 Å². The quantitative estimate of drug-likeness (QED) is 0.501. The van der Waals surface area contributed by atoms with Crippen LogP contribution in [0.3, 0.4) is 0 Å². The van der Waals surface area contributed by atoms with Crippen LogP contribution < -0.4 is 5.73 Å². The van der Waals surface area contributed by atoms with E-state index in [1.165, 1.54) is 0 Å². The second-order valence-corrected chi connectivity index (χ2v) is 2.88.